The summed E-state index contributed by atoms with van der Waals surface area (Å²) in [6, 6.07) is 3.82. The average molecular weight is 194 g/mol. The van der Waals surface area contributed by atoms with Crippen LogP contribution in [0.25, 0.3) is 0 Å². The molecule has 3 nitrogen and oxygen atoms in total. The van der Waals surface area contributed by atoms with Crippen LogP contribution in [0.3, 0.4) is 0 Å². The van der Waals surface area contributed by atoms with Crippen LogP contribution in [-0.4, -0.2) is 16.9 Å². The topological polar surface area (TPSA) is 44.9 Å². The fraction of sp³-hybridized carbons (Fsp3) is 0.545. The van der Waals surface area contributed by atoms with Crippen molar-refractivity contribution in [2.75, 3.05) is 0 Å². The van der Waals surface area contributed by atoms with Crippen molar-refractivity contribution in [3.8, 4) is 0 Å². The highest BCUT2D eigenvalue weighted by Gasteiger charge is 2.10. The molecule has 1 amide bonds. The molecule has 3 heteroatoms. The molecule has 14 heavy (non-hydrogen) atoms. The summed E-state index contributed by atoms with van der Waals surface area (Å²) in [7, 11) is 0. The number of hydrogen-bond acceptors (Lipinski definition) is 1. The first kappa shape index (κ1) is 10.8. The Kier molecular flexibility index (Phi) is 3.74. The molecule has 1 aromatic heterocycles. The Morgan fingerprint density at radius 1 is 1.50 bits per heavy atom. The lowest BCUT2D eigenvalue weighted by Crippen LogP contribution is -2.33. The molecule has 2 N–H and O–H groups in total. The summed E-state index contributed by atoms with van der Waals surface area (Å²) in [6.45, 7) is 6.33. The third-order valence-electron chi connectivity index (χ3n) is 2.05. The van der Waals surface area contributed by atoms with Crippen molar-refractivity contribution in [3.63, 3.8) is 0 Å². The highest BCUT2D eigenvalue weighted by molar-refractivity contribution is 5.92. The number of hydrogen-bond donors (Lipinski definition) is 2. The van der Waals surface area contributed by atoms with Gasteiger partial charge in [0.25, 0.3) is 5.91 Å². The second-order valence-electron chi connectivity index (χ2n) is 4.09. The third-order valence-corrected chi connectivity index (χ3v) is 2.05. The molecule has 0 aliphatic rings. The summed E-state index contributed by atoms with van der Waals surface area (Å²) >= 11 is 0. The molecule has 0 aliphatic carbocycles. The Balaban J connectivity index is 2.41. The molecule has 0 fully saturated rings. The van der Waals surface area contributed by atoms with Crippen LogP contribution in [0.4, 0.5) is 0 Å². The zero-order valence-electron chi connectivity index (χ0n) is 9.00. The van der Waals surface area contributed by atoms with Crippen molar-refractivity contribution in [2.24, 2.45) is 5.92 Å². The minimum atomic E-state index is -0.0249. The predicted octanol–water partition coefficient (Wildman–Crippen LogP) is 2.18. The number of carbonyl (C=O) groups excluding carboxylic acids is 1. The number of carbonyl (C=O) groups is 1. The van der Waals surface area contributed by atoms with E-state index in [2.05, 4.69) is 24.1 Å². The van der Waals surface area contributed by atoms with Gasteiger partial charge in [-0.1, -0.05) is 13.8 Å². The van der Waals surface area contributed by atoms with Gasteiger partial charge < -0.3 is 10.3 Å². The summed E-state index contributed by atoms with van der Waals surface area (Å²) < 4.78 is 0. The van der Waals surface area contributed by atoms with Crippen molar-refractivity contribution < 1.29 is 4.79 Å². The molecule has 0 bridgehead atoms. The molecular weight excluding hydrogens is 176 g/mol. The highest BCUT2D eigenvalue weighted by atomic mass is 16.1. The van der Waals surface area contributed by atoms with Gasteiger partial charge in [0.05, 0.1) is 0 Å². The zero-order valence-corrected chi connectivity index (χ0v) is 9.00. The minimum absolute atomic E-state index is 0.0249. The fourth-order valence-corrected chi connectivity index (χ4v) is 1.54. The van der Waals surface area contributed by atoms with Gasteiger partial charge >= 0.3 is 0 Å². The van der Waals surface area contributed by atoms with Crippen LogP contribution in [-0.2, 0) is 0 Å². The molecular formula is C11H18N2O. The molecule has 0 aromatic carbocycles. The predicted molar refractivity (Wildman–Crippen MR) is 57.2 cm³/mol. The van der Waals surface area contributed by atoms with Gasteiger partial charge in [0.15, 0.2) is 0 Å². The van der Waals surface area contributed by atoms with E-state index in [1.165, 1.54) is 0 Å². The van der Waals surface area contributed by atoms with Gasteiger partial charge in [-0.15, -0.1) is 0 Å². The number of amides is 1. The van der Waals surface area contributed by atoms with Crippen molar-refractivity contribution >= 4 is 5.91 Å². The molecule has 0 saturated heterocycles. The minimum Gasteiger partial charge on any atom is -0.357 e. The van der Waals surface area contributed by atoms with Crippen molar-refractivity contribution in [3.05, 3.63) is 24.0 Å². The van der Waals surface area contributed by atoms with Crippen molar-refractivity contribution in [1.29, 1.82) is 0 Å². The van der Waals surface area contributed by atoms with E-state index in [0.717, 1.165) is 6.42 Å². The standard InChI is InChI=1S/C11H18N2O/c1-8(2)7-9(3)13-11(14)10-5-4-6-12-10/h4-6,8-9,12H,7H2,1-3H3,(H,13,14). The van der Waals surface area contributed by atoms with E-state index in [0.29, 0.717) is 11.6 Å². The first-order valence-corrected chi connectivity index (χ1v) is 5.04. The van der Waals surface area contributed by atoms with Crippen LogP contribution in [0.5, 0.6) is 0 Å². The first-order chi connectivity index (χ1) is 6.59. The Morgan fingerprint density at radius 2 is 2.21 bits per heavy atom. The number of H-pyrrole nitrogens is 1. The lowest BCUT2D eigenvalue weighted by Gasteiger charge is -2.15. The monoisotopic (exact) mass is 194 g/mol. The number of aromatic nitrogens is 1. The number of rotatable bonds is 4. The Hall–Kier alpha value is -1.25. The first-order valence-electron chi connectivity index (χ1n) is 5.04. The summed E-state index contributed by atoms with van der Waals surface area (Å²) in [4.78, 5) is 14.4. The molecule has 0 saturated carbocycles. The van der Waals surface area contributed by atoms with Crippen LogP contribution in [0.1, 0.15) is 37.7 Å². The van der Waals surface area contributed by atoms with Gasteiger partial charge in [-0.25, -0.2) is 0 Å². The lowest BCUT2D eigenvalue weighted by molar-refractivity contribution is 0.0931. The van der Waals surface area contributed by atoms with Crippen molar-refractivity contribution in [1.82, 2.24) is 10.3 Å². The van der Waals surface area contributed by atoms with E-state index in [1.54, 1.807) is 12.3 Å². The zero-order chi connectivity index (χ0) is 10.6. The SMILES string of the molecule is CC(C)CC(C)NC(=O)c1ccc[nH]1. The Labute approximate surface area is 84.9 Å². The molecule has 1 heterocycles. The van der Waals surface area contributed by atoms with E-state index >= 15 is 0 Å². The maximum absolute atomic E-state index is 11.6. The largest absolute Gasteiger partial charge is 0.357 e. The van der Waals surface area contributed by atoms with E-state index < -0.39 is 0 Å². The molecule has 78 valence electrons. The molecule has 0 aliphatic heterocycles. The van der Waals surface area contributed by atoms with Gasteiger partial charge in [0.2, 0.25) is 0 Å². The second-order valence-corrected chi connectivity index (χ2v) is 4.09. The van der Waals surface area contributed by atoms with Gasteiger partial charge in [-0.2, -0.15) is 0 Å². The van der Waals surface area contributed by atoms with Gasteiger partial charge in [-0.3, -0.25) is 4.79 Å². The third kappa shape index (κ3) is 3.24. The summed E-state index contributed by atoms with van der Waals surface area (Å²) in [5.74, 6) is 0.581. The molecule has 1 rings (SSSR count). The summed E-state index contributed by atoms with van der Waals surface area (Å²) in [5, 5.41) is 2.94. The molecule has 1 aromatic rings. The highest BCUT2D eigenvalue weighted by Crippen LogP contribution is 2.04. The fourth-order valence-electron chi connectivity index (χ4n) is 1.54. The number of nitrogens with one attached hydrogen (secondary N) is 2. The van der Waals surface area contributed by atoms with E-state index in [-0.39, 0.29) is 11.9 Å². The van der Waals surface area contributed by atoms with Crippen LogP contribution in [0.15, 0.2) is 18.3 Å². The van der Waals surface area contributed by atoms with Crippen LogP contribution >= 0.6 is 0 Å². The van der Waals surface area contributed by atoms with Crippen LogP contribution in [0, 0.1) is 5.92 Å². The molecule has 1 atom stereocenters. The molecule has 1 unspecified atom stereocenters. The number of aromatic amines is 1. The molecule has 0 spiro atoms. The molecule has 0 radical (unpaired) electrons. The summed E-state index contributed by atoms with van der Waals surface area (Å²) in [5.41, 5.74) is 0.626. The van der Waals surface area contributed by atoms with E-state index in [1.807, 2.05) is 13.0 Å². The van der Waals surface area contributed by atoms with E-state index in [9.17, 15) is 4.79 Å². The van der Waals surface area contributed by atoms with Crippen LogP contribution < -0.4 is 5.32 Å². The summed E-state index contributed by atoms with van der Waals surface area (Å²) in [6.07, 6.45) is 2.76. The maximum Gasteiger partial charge on any atom is 0.267 e. The van der Waals surface area contributed by atoms with E-state index in [4.69, 9.17) is 0 Å². The normalized spacial score (nSPS) is 12.9. The Bertz CT molecular complexity index is 277. The Morgan fingerprint density at radius 3 is 2.71 bits per heavy atom. The van der Waals surface area contributed by atoms with Gasteiger partial charge in [0, 0.05) is 12.2 Å². The average Bonchev–Trinajstić information content (AvgIpc) is 2.53. The van der Waals surface area contributed by atoms with Crippen LogP contribution in [0.2, 0.25) is 0 Å². The van der Waals surface area contributed by atoms with Gasteiger partial charge in [-0.05, 0) is 31.4 Å². The quantitative estimate of drug-likeness (QED) is 0.758. The smallest absolute Gasteiger partial charge is 0.267 e. The lowest BCUT2D eigenvalue weighted by atomic mass is 10.1. The van der Waals surface area contributed by atoms with Gasteiger partial charge in [0.1, 0.15) is 5.69 Å². The second kappa shape index (κ2) is 4.84. The van der Waals surface area contributed by atoms with Crippen molar-refractivity contribution in [2.45, 2.75) is 33.2 Å². The maximum atomic E-state index is 11.6.